The predicted octanol–water partition coefficient (Wildman–Crippen LogP) is 5.61. The van der Waals surface area contributed by atoms with E-state index in [0.717, 1.165) is 22.9 Å². The summed E-state index contributed by atoms with van der Waals surface area (Å²) >= 11 is 13.9. The number of hydrogen-bond donors (Lipinski definition) is 0. The highest BCUT2D eigenvalue weighted by Gasteiger charge is 2.32. The van der Waals surface area contributed by atoms with Gasteiger partial charge in [-0.2, -0.15) is 0 Å². The summed E-state index contributed by atoms with van der Waals surface area (Å²) in [5.74, 6) is 0.0528. The fourth-order valence-electron chi connectivity index (χ4n) is 3.12. The van der Waals surface area contributed by atoms with E-state index in [1.165, 1.54) is 17.8 Å². The number of likely N-dealkylation sites (tertiary alicyclic amines) is 1. The maximum atomic E-state index is 12.9. The van der Waals surface area contributed by atoms with E-state index < -0.39 is 0 Å². The number of benzene rings is 1. The zero-order chi connectivity index (χ0) is 15.1. The summed E-state index contributed by atoms with van der Waals surface area (Å²) in [6.07, 6.45) is 3.30. The van der Waals surface area contributed by atoms with E-state index in [9.17, 15) is 4.79 Å². The van der Waals surface area contributed by atoms with Crippen molar-refractivity contribution in [1.29, 1.82) is 0 Å². The topological polar surface area (TPSA) is 20.3 Å². The Hall–Kier alpha value is -0.770. The van der Waals surface area contributed by atoms with Crippen molar-refractivity contribution in [2.45, 2.75) is 45.2 Å². The fraction of sp³-hybridized carbons (Fsp3) is 0.438. The lowest BCUT2D eigenvalue weighted by Gasteiger charge is -2.38. The molecule has 2 aromatic rings. The highest BCUT2D eigenvalue weighted by atomic mass is 35.5. The molecule has 5 heteroatoms. The molecule has 1 aliphatic heterocycles. The Morgan fingerprint density at radius 1 is 1.24 bits per heavy atom. The summed E-state index contributed by atoms with van der Waals surface area (Å²) in [5, 5.41) is 2.13. The van der Waals surface area contributed by atoms with Gasteiger partial charge in [-0.15, -0.1) is 11.3 Å². The number of thiophene rings is 1. The third kappa shape index (κ3) is 2.67. The minimum Gasteiger partial charge on any atom is -0.332 e. The van der Waals surface area contributed by atoms with E-state index in [-0.39, 0.29) is 18.0 Å². The molecule has 0 N–H and O–H groups in total. The van der Waals surface area contributed by atoms with Crippen LogP contribution in [-0.4, -0.2) is 22.9 Å². The van der Waals surface area contributed by atoms with E-state index in [0.29, 0.717) is 14.9 Å². The molecule has 1 fully saturated rings. The summed E-state index contributed by atoms with van der Waals surface area (Å²) in [5.41, 5.74) is 0. The smallest absolute Gasteiger partial charge is 0.265 e. The molecule has 3 rings (SSSR count). The molecule has 1 aliphatic rings. The van der Waals surface area contributed by atoms with Gasteiger partial charge in [-0.05, 0) is 45.2 Å². The van der Waals surface area contributed by atoms with Gasteiger partial charge in [0.1, 0.15) is 4.88 Å². The average Bonchev–Trinajstić information content (AvgIpc) is 2.75. The number of carbonyl (C=O) groups excluding carboxylic acids is 1. The van der Waals surface area contributed by atoms with Crippen LogP contribution in [0.2, 0.25) is 10.0 Å². The van der Waals surface area contributed by atoms with Crippen molar-refractivity contribution in [1.82, 2.24) is 4.90 Å². The van der Waals surface area contributed by atoms with Gasteiger partial charge in [-0.1, -0.05) is 29.3 Å². The summed E-state index contributed by atoms with van der Waals surface area (Å²) in [4.78, 5) is 15.5. The van der Waals surface area contributed by atoms with Crippen LogP contribution >= 0.6 is 34.5 Å². The lowest BCUT2D eigenvalue weighted by Crippen LogP contribution is -2.47. The zero-order valence-corrected chi connectivity index (χ0v) is 14.4. The standard InChI is InChI=1S/C16H17Cl2NOS/c1-9-4-3-5-10(2)19(9)16(20)15-14(18)12-7-6-11(17)8-13(12)21-15/h6-10H,3-5H2,1-2H3. The SMILES string of the molecule is CC1CCCC(C)N1C(=O)c1sc2cc(Cl)ccc2c1Cl. The van der Waals surface area contributed by atoms with Gasteiger partial charge < -0.3 is 4.90 Å². The third-order valence-electron chi connectivity index (χ3n) is 4.21. The van der Waals surface area contributed by atoms with Crippen molar-refractivity contribution in [3.63, 3.8) is 0 Å². The molecule has 0 bridgehead atoms. The Morgan fingerprint density at radius 3 is 2.57 bits per heavy atom. The Labute approximate surface area is 138 Å². The Bertz CT molecular complexity index is 687. The fourth-order valence-corrected chi connectivity index (χ4v) is 4.85. The molecule has 2 nitrogen and oxygen atoms in total. The largest absolute Gasteiger partial charge is 0.332 e. The molecule has 0 spiro atoms. The monoisotopic (exact) mass is 341 g/mol. The normalized spacial score (nSPS) is 22.8. The van der Waals surface area contributed by atoms with Gasteiger partial charge in [0.2, 0.25) is 0 Å². The number of carbonyl (C=O) groups is 1. The third-order valence-corrected chi connectivity index (χ3v) is 6.09. The Balaban J connectivity index is 2.03. The van der Waals surface area contributed by atoms with Crippen LogP contribution in [0.15, 0.2) is 18.2 Å². The highest BCUT2D eigenvalue weighted by Crippen LogP contribution is 2.38. The first-order valence-corrected chi connectivity index (χ1v) is 8.76. The number of fused-ring (bicyclic) bond motifs is 1. The second kappa shape index (κ2) is 5.79. The maximum absolute atomic E-state index is 12.9. The number of piperidine rings is 1. The van der Waals surface area contributed by atoms with Crippen molar-refractivity contribution in [3.8, 4) is 0 Å². The van der Waals surface area contributed by atoms with E-state index in [4.69, 9.17) is 23.2 Å². The van der Waals surface area contributed by atoms with Gasteiger partial charge in [0, 0.05) is 27.2 Å². The van der Waals surface area contributed by atoms with Gasteiger partial charge in [0.25, 0.3) is 5.91 Å². The zero-order valence-electron chi connectivity index (χ0n) is 12.0. The highest BCUT2D eigenvalue weighted by molar-refractivity contribution is 7.21. The molecule has 112 valence electrons. The molecular formula is C16H17Cl2NOS. The minimum absolute atomic E-state index is 0.0528. The molecule has 0 radical (unpaired) electrons. The van der Waals surface area contributed by atoms with Crippen LogP contribution in [0, 0.1) is 0 Å². The lowest BCUT2D eigenvalue weighted by molar-refractivity contribution is 0.0516. The van der Waals surface area contributed by atoms with E-state index in [1.54, 1.807) is 0 Å². The average molecular weight is 342 g/mol. The second-order valence-corrected chi connectivity index (χ2v) is 7.59. The van der Waals surface area contributed by atoms with E-state index in [1.807, 2.05) is 23.1 Å². The molecule has 0 saturated carbocycles. The Kier molecular flexibility index (Phi) is 4.17. The van der Waals surface area contributed by atoms with Crippen LogP contribution in [0.5, 0.6) is 0 Å². The molecule has 2 heterocycles. The molecule has 2 atom stereocenters. The first kappa shape index (κ1) is 15.1. The molecule has 1 aromatic heterocycles. The molecule has 21 heavy (non-hydrogen) atoms. The first-order chi connectivity index (χ1) is 9.99. The molecule has 1 saturated heterocycles. The quantitative estimate of drug-likeness (QED) is 0.659. The van der Waals surface area contributed by atoms with Gasteiger partial charge in [0.05, 0.1) is 5.02 Å². The van der Waals surface area contributed by atoms with Crippen molar-refractivity contribution < 1.29 is 4.79 Å². The van der Waals surface area contributed by atoms with Gasteiger partial charge in [-0.25, -0.2) is 0 Å². The first-order valence-electron chi connectivity index (χ1n) is 7.19. The van der Waals surface area contributed by atoms with Crippen LogP contribution in [0.4, 0.5) is 0 Å². The van der Waals surface area contributed by atoms with Crippen LogP contribution in [-0.2, 0) is 0 Å². The summed E-state index contributed by atoms with van der Waals surface area (Å²) in [6, 6.07) is 6.10. The van der Waals surface area contributed by atoms with Gasteiger partial charge >= 0.3 is 0 Å². The Morgan fingerprint density at radius 2 is 1.90 bits per heavy atom. The molecule has 1 aromatic carbocycles. The number of nitrogens with zero attached hydrogens (tertiary/aromatic N) is 1. The van der Waals surface area contributed by atoms with E-state index >= 15 is 0 Å². The summed E-state index contributed by atoms with van der Waals surface area (Å²) < 4.78 is 0.966. The molecule has 1 amide bonds. The number of halogens is 2. The van der Waals surface area contributed by atoms with Gasteiger partial charge in [-0.3, -0.25) is 4.79 Å². The van der Waals surface area contributed by atoms with Crippen LogP contribution in [0.25, 0.3) is 10.1 Å². The molecule has 0 aliphatic carbocycles. The number of amides is 1. The molecule has 2 unspecified atom stereocenters. The van der Waals surface area contributed by atoms with Crippen molar-refractivity contribution in [2.75, 3.05) is 0 Å². The summed E-state index contributed by atoms with van der Waals surface area (Å²) in [6.45, 7) is 4.23. The lowest BCUT2D eigenvalue weighted by atomic mass is 9.97. The number of rotatable bonds is 1. The number of hydrogen-bond acceptors (Lipinski definition) is 2. The molecular weight excluding hydrogens is 325 g/mol. The summed E-state index contributed by atoms with van der Waals surface area (Å²) in [7, 11) is 0. The van der Waals surface area contributed by atoms with Crippen LogP contribution < -0.4 is 0 Å². The van der Waals surface area contributed by atoms with E-state index in [2.05, 4.69) is 13.8 Å². The predicted molar refractivity (Wildman–Crippen MR) is 90.8 cm³/mol. The minimum atomic E-state index is 0.0528. The van der Waals surface area contributed by atoms with Crippen LogP contribution in [0.3, 0.4) is 0 Å². The van der Waals surface area contributed by atoms with Crippen molar-refractivity contribution >= 4 is 50.5 Å². The van der Waals surface area contributed by atoms with Crippen molar-refractivity contribution in [3.05, 3.63) is 33.1 Å². The van der Waals surface area contributed by atoms with Gasteiger partial charge in [0.15, 0.2) is 0 Å². The maximum Gasteiger partial charge on any atom is 0.265 e. The second-order valence-electron chi connectivity index (χ2n) is 5.73. The van der Waals surface area contributed by atoms with Crippen LogP contribution in [0.1, 0.15) is 42.8 Å². The van der Waals surface area contributed by atoms with Crippen molar-refractivity contribution in [2.24, 2.45) is 0 Å².